The molecule has 1 heterocycles. The fourth-order valence-corrected chi connectivity index (χ4v) is 1.00. The van der Waals surface area contributed by atoms with Gasteiger partial charge < -0.3 is 4.90 Å². The van der Waals surface area contributed by atoms with Gasteiger partial charge >= 0.3 is 0 Å². The maximum atomic E-state index is 4.01. The van der Waals surface area contributed by atoms with E-state index < -0.39 is 0 Å². The predicted octanol–water partition coefficient (Wildman–Crippen LogP) is 1.46. The Bertz CT molecular complexity index is 259. The van der Waals surface area contributed by atoms with Crippen molar-refractivity contribution in [3.05, 3.63) is 43.9 Å². The molecule has 0 fully saturated rings. The summed E-state index contributed by atoms with van der Waals surface area (Å²) in [5, 5.41) is 0. The fourth-order valence-electron chi connectivity index (χ4n) is 1.00. The molecule has 0 spiro atoms. The van der Waals surface area contributed by atoms with Crippen molar-refractivity contribution in [3.63, 3.8) is 0 Å². The summed E-state index contributed by atoms with van der Waals surface area (Å²) in [5.74, 6) is 0.842. The zero-order valence-electron chi connectivity index (χ0n) is 7.48. The number of aromatic nitrogens is 2. The van der Waals surface area contributed by atoms with E-state index in [1.807, 2.05) is 23.1 Å². The minimum atomic E-state index is 0.747. The molecule has 0 aromatic carbocycles. The van der Waals surface area contributed by atoms with E-state index in [4.69, 9.17) is 0 Å². The Labute approximate surface area is 78.4 Å². The highest BCUT2D eigenvalue weighted by atomic mass is 15.2. The first-order chi connectivity index (χ1) is 6.38. The Morgan fingerprint density at radius 1 is 1.38 bits per heavy atom. The Hall–Kier alpha value is -1.64. The van der Waals surface area contributed by atoms with Crippen LogP contribution in [0.5, 0.6) is 0 Å². The van der Waals surface area contributed by atoms with Gasteiger partial charge in [-0.25, -0.2) is 9.97 Å². The molecule has 1 rings (SSSR count). The summed E-state index contributed by atoms with van der Waals surface area (Å²) in [6, 6.07) is 1.84. The molecule has 1 aromatic rings. The topological polar surface area (TPSA) is 29.0 Å². The van der Waals surface area contributed by atoms with Crippen molar-refractivity contribution in [3.8, 4) is 0 Å². The van der Waals surface area contributed by atoms with Gasteiger partial charge in [-0.05, 0) is 6.07 Å². The van der Waals surface area contributed by atoms with Gasteiger partial charge in [0.15, 0.2) is 6.33 Å². The molecule has 3 heteroatoms. The Kier molecular flexibility index (Phi) is 3.70. The lowest BCUT2D eigenvalue weighted by Crippen LogP contribution is -2.24. The van der Waals surface area contributed by atoms with E-state index in [1.54, 1.807) is 6.20 Å². The molecular weight excluding hydrogens is 162 g/mol. The molecule has 0 unspecified atom stereocenters. The van der Waals surface area contributed by atoms with Gasteiger partial charge in [0.2, 0.25) is 0 Å². The molecule has 0 bridgehead atoms. The number of hydrogen-bond acceptors (Lipinski definition) is 3. The standard InChI is InChI=1S/C10H12N3/c1-3-7-13(8-4-2)10-5-6-11-9-12-10/h3-6H,1-2,7-8H2. The maximum absolute atomic E-state index is 4.01. The molecular formula is C10H12N3. The summed E-state index contributed by atoms with van der Waals surface area (Å²) in [7, 11) is 0. The molecule has 0 aliphatic rings. The van der Waals surface area contributed by atoms with Gasteiger partial charge in [-0.15, -0.1) is 13.2 Å². The van der Waals surface area contributed by atoms with Crippen molar-refractivity contribution < 1.29 is 0 Å². The van der Waals surface area contributed by atoms with E-state index in [-0.39, 0.29) is 0 Å². The van der Waals surface area contributed by atoms with Crippen LogP contribution in [0.3, 0.4) is 0 Å². The molecule has 0 N–H and O–H groups in total. The summed E-state index contributed by atoms with van der Waals surface area (Å²) < 4.78 is 0. The lowest BCUT2D eigenvalue weighted by molar-refractivity contribution is 0.915. The third-order valence-corrected chi connectivity index (χ3v) is 1.54. The van der Waals surface area contributed by atoms with Gasteiger partial charge in [0.05, 0.1) is 0 Å². The fraction of sp³-hybridized carbons (Fsp3) is 0.200. The van der Waals surface area contributed by atoms with Crippen molar-refractivity contribution >= 4 is 5.82 Å². The molecule has 1 aromatic heterocycles. The van der Waals surface area contributed by atoms with Crippen molar-refractivity contribution in [2.24, 2.45) is 0 Å². The van der Waals surface area contributed by atoms with E-state index in [9.17, 15) is 0 Å². The van der Waals surface area contributed by atoms with Crippen molar-refractivity contribution in [1.29, 1.82) is 0 Å². The first-order valence-corrected chi connectivity index (χ1v) is 4.04. The maximum Gasteiger partial charge on any atom is 0.199 e. The van der Waals surface area contributed by atoms with Gasteiger partial charge in [-0.2, -0.15) is 0 Å². The molecule has 0 aliphatic carbocycles. The Morgan fingerprint density at radius 2 is 2.08 bits per heavy atom. The molecule has 0 atom stereocenters. The van der Waals surface area contributed by atoms with E-state index in [2.05, 4.69) is 29.5 Å². The highest BCUT2D eigenvalue weighted by Gasteiger charge is 2.02. The minimum absolute atomic E-state index is 0.747. The monoisotopic (exact) mass is 174 g/mol. The largest absolute Gasteiger partial charge is 0.349 e. The molecule has 0 aliphatic heterocycles. The van der Waals surface area contributed by atoms with E-state index in [1.165, 1.54) is 0 Å². The summed E-state index contributed by atoms with van der Waals surface area (Å²) in [5.41, 5.74) is 0. The summed E-state index contributed by atoms with van der Waals surface area (Å²) in [6.45, 7) is 8.85. The SMILES string of the molecule is C=CCN(CC=C)c1ccn[c]n1. The van der Waals surface area contributed by atoms with Gasteiger partial charge in [0, 0.05) is 19.3 Å². The van der Waals surface area contributed by atoms with Crippen molar-refractivity contribution in [1.82, 2.24) is 9.97 Å². The second kappa shape index (κ2) is 5.09. The molecule has 0 saturated carbocycles. The first-order valence-electron chi connectivity index (χ1n) is 4.04. The van der Waals surface area contributed by atoms with E-state index in [0.29, 0.717) is 0 Å². The summed E-state index contributed by atoms with van der Waals surface area (Å²) in [4.78, 5) is 9.77. The third kappa shape index (κ3) is 2.71. The molecule has 0 amide bonds. The zero-order valence-corrected chi connectivity index (χ0v) is 7.48. The molecule has 3 nitrogen and oxygen atoms in total. The first kappa shape index (κ1) is 9.45. The molecule has 1 radical (unpaired) electrons. The average Bonchev–Trinajstić information content (AvgIpc) is 2.19. The van der Waals surface area contributed by atoms with Crippen LogP contribution in [-0.2, 0) is 0 Å². The number of anilines is 1. The lowest BCUT2D eigenvalue weighted by Gasteiger charge is -2.19. The van der Waals surface area contributed by atoms with E-state index in [0.717, 1.165) is 18.9 Å². The Morgan fingerprint density at radius 3 is 2.54 bits per heavy atom. The minimum Gasteiger partial charge on any atom is -0.349 e. The second-order valence-electron chi connectivity index (χ2n) is 2.50. The normalized spacial score (nSPS) is 9.23. The van der Waals surface area contributed by atoms with Gasteiger partial charge in [-0.1, -0.05) is 12.2 Å². The zero-order chi connectivity index (χ0) is 9.52. The smallest absolute Gasteiger partial charge is 0.199 e. The lowest BCUT2D eigenvalue weighted by atomic mass is 10.4. The van der Waals surface area contributed by atoms with Crippen LogP contribution >= 0.6 is 0 Å². The van der Waals surface area contributed by atoms with Crippen molar-refractivity contribution in [2.45, 2.75) is 0 Å². The van der Waals surface area contributed by atoms with Gasteiger partial charge in [0.1, 0.15) is 5.82 Å². The second-order valence-corrected chi connectivity index (χ2v) is 2.50. The summed E-state index contributed by atoms with van der Waals surface area (Å²) >= 11 is 0. The third-order valence-electron chi connectivity index (χ3n) is 1.54. The van der Waals surface area contributed by atoms with Gasteiger partial charge in [0.25, 0.3) is 0 Å². The van der Waals surface area contributed by atoms with Crippen LogP contribution in [-0.4, -0.2) is 23.1 Å². The van der Waals surface area contributed by atoms with Gasteiger partial charge in [-0.3, -0.25) is 0 Å². The van der Waals surface area contributed by atoms with Crippen LogP contribution < -0.4 is 4.90 Å². The summed E-state index contributed by atoms with van der Waals surface area (Å²) in [6.07, 6.45) is 7.87. The molecule has 0 saturated heterocycles. The average molecular weight is 174 g/mol. The number of nitrogens with zero attached hydrogens (tertiary/aromatic N) is 3. The van der Waals surface area contributed by atoms with Crippen LogP contribution in [0.4, 0.5) is 5.82 Å². The number of hydrogen-bond donors (Lipinski definition) is 0. The molecule has 67 valence electrons. The van der Waals surface area contributed by atoms with Crippen LogP contribution in [0.25, 0.3) is 0 Å². The number of rotatable bonds is 5. The predicted molar refractivity (Wildman–Crippen MR) is 53.5 cm³/mol. The molecule has 13 heavy (non-hydrogen) atoms. The highest BCUT2D eigenvalue weighted by Crippen LogP contribution is 2.06. The van der Waals surface area contributed by atoms with Crippen LogP contribution in [0.2, 0.25) is 0 Å². The van der Waals surface area contributed by atoms with Crippen LogP contribution in [0.15, 0.2) is 37.6 Å². The van der Waals surface area contributed by atoms with E-state index >= 15 is 0 Å². The quantitative estimate of drug-likeness (QED) is 0.633. The Balaban J connectivity index is 2.75. The highest BCUT2D eigenvalue weighted by molar-refractivity contribution is 5.37. The van der Waals surface area contributed by atoms with Crippen LogP contribution in [0.1, 0.15) is 0 Å². The van der Waals surface area contributed by atoms with Crippen LogP contribution in [0, 0.1) is 6.33 Å². The van der Waals surface area contributed by atoms with Crippen molar-refractivity contribution in [2.75, 3.05) is 18.0 Å².